The number of rotatable bonds is 5. The second kappa shape index (κ2) is 4.04. The van der Waals surface area contributed by atoms with Gasteiger partial charge in [-0.1, -0.05) is 0 Å². The third-order valence-corrected chi connectivity index (χ3v) is 1.95. The van der Waals surface area contributed by atoms with E-state index in [4.69, 9.17) is 9.47 Å². The van der Waals surface area contributed by atoms with Crippen molar-refractivity contribution in [3.8, 4) is 0 Å². The van der Waals surface area contributed by atoms with Gasteiger partial charge in [0.1, 0.15) is 0 Å². The summed E-state index contributed by atoms with van der Waals surface area (Å²) < 4.78 is 10.2. The van der Waals surface area contributed by atoms with E-state index in [9.17, 15) is 0 Å². The summed E-state index contributed by atoms with van der Waals surface area (Å²) in [5, 5.41) is 3.41. The molecule has 0 bridgehead atoms. The summed E-state index contributed by atoms with van der Waals surface area (Å²) in [5.74, 6) is 0. The molecule has 0 amide bonds. The molecule has 1 atom stereocenters. The van der Waals surface area contributed by atoms with E-state index in [1.54, 1.807) is 14.2 Å². The van der Waals surface area contributed by atoms with Gasteiger partial charge in [0.2, 0.25) is 0 Å². The number of ether oxygens (including phenoxy) is 2. The van der Waals surface area contributed by atoms with Crippen molar-refractivity contribution < 1.29 is 9.47 Å². The summed E-state index contributed by atoms with van der Waals surface area (Å²) >= 11 is 0. The van der Waals surface area contributed by atoms with Crippen molar-refractivity contribution in [3.63, 3.8) is 0 Å². The zero-order valence-electron chi connectivity index (χ0n) is 7.46. The fourth-order valence-corrected chi connectivity index (χ4v) is 1.20. The Morgan fingerprint density at radius 1 is 1.27 bits per heavy atom. The minimum Gasteiger partial charge on any atom is -0.354 e. The predicted octanol–water partition coefficient (Wildman–Crippen LogP) is 0.746. The molecule has 0 aromatic heterocycles. The highest BCUT2D eigenvalue weighted by Crippen LogP contribution is 2.20. The van der Waals surface area contributed by atoms with Gasteiger partial charge in [0.05, 0.1) is 6.04 Å². The topological polar surface area (TPSA) is 30.5 Å². The van der Waals surface area contributed by atoms with E-state index in [0.717, 1.165) is 0 Å². The van der Waals surface area contributed by atoms with Gasteiger partial charge in [-0.25, -0.2) is 0 Å². The summed E-state index contributed by atoms with van der Waals surface area (Å²) in [6.45, 7) is 2.08. The summed E-state index contributed by atoms with van der Waals surface area (Å²) in [6, 6.07) is 0.996. The van der Waals surface area contributed by atoms with Gasteiger partial charge in [-0.3, -0.25) is 0 Å². The Morgan fingerprint density at radius 2 is 1.82 bits per heavy atom. The monoisotopic (exact) mass is 159 g/mol. The van der Waals surface area contributed by atoms with Crippen molar-refractivity contribution in [3.05, 3.63) is 0 Å². The normalized spacial score (nSPS) is 20.7. The molecule has 1 saturated carbocycles. The lowest BCUT2D eigenvalue weighted by Crippen LogP contribution is -2.40. The molecule has 0 aliphatic heterocycles. The van der Waals surface area contributed by atoms with Gasteiger partial charge in [-0.15, -0.1) is 0 Å². The first-order chi connectivity index (χ1) is 5.27. The third kappa shape index (κ3) is 2.77. The van der Waals surface area contributed by atoms with Gasteiger partial charge in [0.15, 0.2) is 6.29 Å². The van der Waals surface area contributed by atoms with E-state index in [1.807, 2.05) is 0 Å². The molecule has 0 saturated heterocycles. The summed E-state index contributed by atoms with van der Waals surface area (Å²) in [4.78, 5) is 0. The highest BCUT2D eigenvalue weighted by atomic mass is 16.7. The van der Waals surface area contributed by atoms with E-state index < -0.39 is 0 Å². The largest absolute Gasteiger partial charge is 0.354 e. The molecule has 3 nitrogen and oxygen atoms in total. The molecule has 0 aromatic rings. The Hall–Kier alpha value is -0.120. The van der Waals surface area contributed by atoms with E-state index in [-0.39, 0.29) is 12.3 Å². The Balaban J connectivity index is 2.18. The van der Waals surface area contributed by atoms with Crippen molar-refractivity contribution in [2.24, 2.45) is 0 Å². The van der Waals surface area contributed by atoms with Crippen LogP contribution in [0.3, 0.4) is 0 Å². The van der Waals surface area contributed by atoms with Gasteiger partial charge in [-0.2, -0.15) is 0 Å². The van der Waals surface area contributed by atoms with Crippen LogP contribution in [0.4, 0.5) is 0 Å². The van der Waals surface area contributed by atoms with Crippen molar-refractivity contribution in [1.82, 2.24) is 5.32 Å². The molecule has 0 radical (unpaired) electrons. The lowest BCUT2D eigenvalue weighted by atomic mass is 10.3. The van der Waals surface area contributed by atoms with Crippen LogP contribution in [0.2, 0.25) is 0 Å². The zero-order valence-corrected chi connectivity index (χ0v) is 7.46. The van der Waals surface area contributed by atoms with E-state index in [0.29, 0.717) is 6.04 Å². The molecule has 66 valence electrons. The Bertz CT molecular complexity index is 111. The summed E-state index contributed by atoms with van der Waals surface area (Å²) in [6.07, 6.45) is 2.48. The van der Waals surface area contributed by atoms with Gasteiger partial charge in [0.25, 0.3) is 0 Å². The zero-order chi connectivity index (χ0) is 8.27. The van der Waals surface area contributed by atoms with Crippen LogP contribution < -0.4 is 5.32 Å². The van der Waals surface area contributed by atoms with Crippen molar-refractivity contribution in [1.29, 1.82) is 0 Å². The number of hydrogen-bond acceptors (Lipinski definition) is 3. The molecule has 0 spiro atoms. The van der Waals surface area contributed by atoms with Crippen LogP contribution in [0.15, 0.2) is 0 Å². The van der Waals surface area contributed by atoms with Gasteiger partial charge >= 0.3 is 0 Å². The first-order valence-corrected chi connectivity index (χ1v) is 4.09. The van der Waals surface area contributed by atoms with Gasteiger partial charge in [-0.05, 0) is 19.8 Å². The third-order valence-electron chi connectivity index (χ3n) is 1.95. The van der Waals surface area contributed by atoms with E-state index >= 15 is 0 Å². The standard InChI is InChI=1S/C8H17NO2/c1-6(8(10-2)11-3)9-7-4-5-7/h6-9H,4-5H2,1-3H3. The highest BCUT2D eigenvalue weighted by molar-refractivity contribution is 4.84. The molecular weight excluding hydrogens is 142 g/mol. The second-order valence-electron chi connectivity index (χ2n) is 3.07. The maximum atomic E-state index is 5.11. The molecule has 1 N–H and O–H groups in total. The molecule has 11 heavy (non-hydrogen) atoms. The molecule has 0 heterocycles. The molecule has 1 unspecified atom stereocenters. The maximum absolute atomic E-state index is 5.11. The predicted molar refractivity (Wildman–Crippen MR) is 43.4 cm³/mol. The van der Waals surface area contributed by atoms with Crippen LogP contribution in [-0.2, 0) is 9.47 Å². The van der Waals surface area contributed by atoms with Crippen LogP contribution in [0.5, 0.6) is 0 Å². The molecule has 1 aliphatic rings. The van der Waals surface area contributed by atoms with Gasteiger partial charge < -0.3 is 14.8 Å². The molecule has 3 heteroatoms. The average Bonchev–Trinajstić information content (AvgIpc) is 2.74. The summed E-state index contributed by atoms with van der Waals surface area (Å²) in [7, 11) is 3.33. The fraction of sp³-hybridized carbons (Fsp3) is 1.00. The van der Waals surface area contributed by atoms with Crippen LogP contribution in [0, 0.1) is 0 Å². The SMILES string of the molecule is COC(OC)C(C)NC1CC1. The van der Waals surface area contributed by atoms with Crippen molar-refractivity contribution in [2.75, 3.05) is 14.2 Å². The lowest BCUT2D eigenvalue weighted by molar-refractivity contribution is -0.119. The summed E-state index contributed by atoms with van der Waals surface area (Å²) in [5.41, 5.74) is 0. The molecule has 1 fully saturated rings. The van der Waals surface area contributed by atoms with Crippen LogP contribution in [0.1, 0.15) is 19.8 Å². The Labute approximate surface area is 68.1 Å². The van der Waals surface area contributed by atoms with Crippen LogP contribution >= 0.6 is 0 Å². The first kappa shape index (κ1) is 8.97. The average molecular weight is 159 g/mol. The molecule has 1 aliphatic carbocycles. The minimum absolute atomic E-state index is 0.115. The first-order valence-electron chi connectivity index (χ1n) is 4.09. The molecular formula is C8H17NO2. The number of nitrogens with one attached hydrogen (secondary N) is 1. The van der Waals surface area contributed by atoms with Gasteiger partial charge in [0, 0.05) is 20.3 Å². The van der Waals surface area contributed by atoms with E-state index in [2.05, 4.69) is 12.2 Å². The maximum Gasteiger partial charge on any atom is 0.171 e. The van der Waals surface area contributed by atoms with E-state index in [1.165, 1.54) is 12.8 Å². The highest BCUT2D eigenvalue weighted by Gasteiger charge is 2.26. The van der Waals surface area contributed by atoms with Crippen LogP contribution in [0.25, 0.3) is 0 Å². The Kier molecular flexibility index (Phi) is 3.30. The second-order valence-corrected chi connectivity index (χ2v) is 3.07. The van der Waals surface area contributed by atoms with Crippen molar-refractivity contribution >= 4 is 0 Å². The fourth-order valence-electron chi connectivity index (χ4n) is 1.20. The quantitative estimate of drug-likeness (QED) is 0.600. The molecule has 0 aromatic carbocycles. The number of methoxy groups -OCH3 is 2. The van der Waals surface area contributed by atoms with Crippen molar-refractivity contribution in [2.45, 2.75) is 38.1 Å². The number of hydrogen-bond donors (Lipinski definition) is 1. The smallest absolute Gasteiger partial charge is 0.171 e. The molecule has 1 rings (SSSR count). The van der Waals surface area contributed by atoms with Crippen LogP contribution in [-0.4, -0.2) is 32.6 Å². The Morgan fingerprint density at radius 3 is 2.18 bits per heavy atom. The minimum atomic E-state index is -0.115. The lowest BCUT2D eigenvalue weighted by Gasteiger charge is -2.21.